The molecule has 4 nitrogen and oxygen atoms in total. The van der Waals surface area contributed by atoms with E-state index in [-0.39, 0.29) is 5.75 Å². The zero-order valence-electron chi connectivity index (χ0n) is 10.1. The van der Waals surface area contributed by atoms with Crippen LogP contribution in [0, 0.1) is 0 Å². The molecular weight excluding hydrogens is 272 g/mol. The monoisotopic (exact) mass is 288 g/mol. The third kappa shape index (κ3) is 3.45. The minimum atomic E-state index is -3.27. The highest BCUT2D eigenvalue weighted by molar-refractivity contribution is 7.88. The molecule has 0 aliphatic carbocycles. The van der Waals surface area contributed by atoms with Gasteiger partial charge in [-0.2, -0.15) is 0 Å². The first-order valence-corrected chi connectivity index (χ1v) is 8.00. The van der Waals surface area contributed by atoms with Gasteiger partial charge < -0.3 is 5.32 Å². The van der Waals surface area contributed by atoms with Crippen LogP contribution >= 0.6 is 11.6 Å². The van der Waals surface area contributed by atoms with E-state index < -0.39 is 10.0 Å². The SMILES string of the molecule is O=S(=O)(Cc1ccccc1Cl)N1CCCNCC1. The average molecular weight is 289 g/mol. The van der Waals surface area contributed by atoms with Gasteiger partial charge in [0.1, 0.15) is 0 Å². The lowest BCUT2D eigenvalue weighted by molar-refractivity contribution is 0.431. The molecule has 0 bridgehead atoms. The summed E-state index contributed by atoms with van der Waals surface area (Å²) in [6, 6.07) is 7.08. The number of benzene rings is 1. The molecule has 1 saturated heterocycles. The number of nitrogens with zero attached hydrogens (tertiary/aromatic N) is 1. The highest BCUT2D eigenvalue weighted by atomic mass is 35.5. The molecule has 0 saturated carbocycles. The molecule has 1 aliphatic heterocycles. The Bertz CT molecular complexity index is 497. The number of halogens is 1. The lowest BCUT2D eigenvalue weighted by Gasteiger charge is -2.19. The second-order valence-corrected chi connectivity index (χ2v) is 6.73. The predicted molar refractivity (Wildman–Crippen MR) is 73.1 cm³/mol. The molecule has 1 aromatic rings. The van der Waals surface area contributed by atoms with Gasteiger partial charge in [-0.3, -0.25) is 0 Å². The minimum absolute atomic E-state index is 0.0212. The van der Waals surface area contributed by atoms with Crippen molar-refractivity contribution in [2.75, 3.05) is 26.2 Å². The zero-order valence-corrected chi connectivity index (χ0v) is 11.7. The topological polar surface area (TPSA) is 49.4 Å². The van der Waals surface area contributed by atoms with Crippen LogP contribution < -0.4 is 5.32 Å². The van der Waals surface area contributed by atoms with E-state index in [9.17, 15) is 8.42 Å². The third-order valence-electron chi connectivity index (χ3n) is 2.99. The number of sulfonamides is 1. The largest absolute Gasteiger partial charge is 0.315 e. The Balaban J connectivity index is 2.13. The van der Waals surface area contributed by atoms with E-state index in [4.69, 9.17) is 11.6 Å². The van der Waals surface area contributed by atoms with Crippen molar-refractivity contribution >= 4 is 21.6 Å². The van der Waals surface area contributed by atoms with Crippen molar-refractivity contribution in [3.63, 3.8) is 0 Å². The van der Waals surface area contributed by atoms with Crippen molar-refractivity contribution in [2.24, 2.45) is 0 Å². The first kappa shape index (κ1) is 13.8. The summed E-state index contributed by atoms with van der Waals surface area (Å²) in [6.45, 7) is 2.70. The van der Waals surface area contributed by atoms with Crippen molar-refractivity contribution in [3.8, 4) is 0 Å². The Morgan fingerprint density at radius 3 is 2.78 bits per heavy atom. The van der Waals surface area contributed by atoms with Crippen LogP contribution in [0.4, 0.5) is 0 Å². The van der Waals surface area contributed by atoms with E-state index in [2.05, 4.69) is 5.32 Å². The van der Waals surface area contributed by atoms with Crippen LogP contribution in [0.5, 0.6) is 0 Å². The molecule has 0 aromatic heterocycles. The van der Waals surface area contributed by atoms with Crippen LogP contribution in [-0.2, 0) is 15.8 Å². The molecule has 2 rings (SSSR count). The van der Waals surface area contributed by atoms with Gasteiger partial charge in [0.05, 0.1) is 5.75 Å². The highest BCUT2D eigenvalue weighted by Crippen LogP contribution is 2.19. The van der Waals surface area contributed by atoms with Gasteiger partial charge in [0, 0.05) is 24.7 Å². The van der Waals surface area contributed by atoms with Gasteiger partial charge in [0.15, 0.2) is 0 Å². The summed E-state index contributed by atoms with van der Waals surface area (Å²) in [5.74, 6) is -0.0212. The molecule has 1 N–H and O–H groups in total. The lowest BCUT2D eigenvalue weighted by Crippen LogP contribution is -2.35. The van der Waals surface area contributed by atoms with Gasteiger partial charge in [-0.15, -0.1) is 0 Å². The molecule has 1 aromatic carbocycles. The van der Waals surface area contributed by atoms with Gasteiger partial charge in [0.25, 0.3) is 0 Å². The molecule has 0 unspecified atom stereocenters. The Morgan fingerprint density at radius 2 is 2.00 bits per heavy atom. The summed E-state index contributed by atoms with van der Waals surface area (Å²) >= 11 is 6.01. The van der Waals surface area contributed by atoms with Crippen LogP contribution in [0.1, 0.15) is 12.0 Å². The van der Waals surface area contributed by atoms with E-state index >= 15 is 0 Å². The van der Waals surface area contributed by atoms with Gasteiger partial charge in [0.2, 0.25) is 10.0 Å². The minimum Gasteiger partial charge on any atom is -0.315 e. The van der Waals surface area contributed by atoms with Gasteiger partial charge in [-0.05, 0) is 24.6 Å². The normalized spacial score (nSPS) is 18.5. The maximum atomic E-state index is 12.3. The van der Waals surface area contributed by atoms with E-state index in [0.717, 1.165) is 13.0 Å². The summed E-state index contributed by atoms with van der Waals surface area (Å²) in [5.41, 5.74) is 0.663. The maximum absolute atomic E-state index is 12.3. The maximum Gasteiger partial charge on any atom is 0.218 e. The highest BCUT2D eigenvalue weighted by Gasteiger charge is 2.23. The van der Waals surface area contributed by atoms with Crippen molar-refractivity contribution in [3.05, 3.63) is 34.9 Å². The second-order valence-electron chi connectivity index (χ2n) is 4.35. The van der Waals surface area contributed by atoms with Crippen molar-refractivity contribution < 1.29 is 8.42 Å². The van der Waals surface area contributed by atoms with Crippen LogP contribution in [0.25, 0.3) is 0 Å². The fraction of sp³-hybridized carbons (Fsp3) is 0.500. The van der Waals surface area contributed by atoms with Gasteiger partial charge in [-0.1, -0.05) is 29.8 Å². The molecule has 0 atom stereocenters. The summed E-state index contributed by atoms with van der Waals surface area (Å²) in [5, 5.41) is 3.70. The lowest BCUT2D eigenvalue weighted by atomic mass is 10.2. The first-order valence-electron chi connectivity index (χ1n) is 6.01. The summed E-state index contributed by atoms with van der Waals surface area (Å²) < 4.78 is 26.2. The Hall–Kier alpha value is -0.620. The molecular formula is C12H17ClN2O2S. The zero-order chi connectivity index (χ0) is 13.0. The molecule has 0 amide bonds. The second kappa shape index (κ2) is 6.02. The molecule has 100 valence electrons. The summed E-state index contributed by atoms with van der Waals surface area (Å²) in [4.78, 5) is 0. The van der Waals surface area contributed by atoms with Crippen LogP contribution in [0.15, 0.2) is 24.3 Å². The average Bonchev–Trinajstić information content (AvgIpc) is 2.61. The first-order chi connectivity index (χ1) is 8.59. The summed E-state index contributed by atoms with van der Waals surface area (Å²) in [7, 11) is -3.27. The third-order valence-corrected chi connectivity index (χ3v) is 5.18. The Labute approximate surface area is 113 Å². The summed E-state index contributed by atoms with van der Waals surface area (Å²) in [6.07, 6.45) is 0.849. The van der Waals surface area contributed by atoms with Crippen LogP contribution in [0.2, 0.25) is 5.02 Å². The number of nitrogens with one attached hydrogen (secondary N) is 1. The Kier molecular flexibility index (Phi) is 4.61. The number of hydrogen-bond acceptors (Lipinski definition) is 3. The van der Waals surface area contributed by atoms with Crippen molar-refractivity contribution in [1.82, 2.24) is 9.62 Å². The van der Waals surface area contributed by atoms with E-state index in [1.54, 1.807) is 28.6 Å². The van der Waals surface area contributed by atoms with Crippen molar-refractivity contribution in [1.29, 1.82) is 0 Å². The molecule has 6 heteroatoms. The number of rotatable bonds is 3. The molecule has 0 spiro atoms. The smallest absolute Gasteiger partial charge is 0.218 e. The fourth-order valence-corrected chi connectivity index (χ4v) is 3.89. The molecule has 18 heavy (non-hydrogen) atoms. The molecule has 1 aliphatic rings. The molecule has 0 radical (unpaired) electrons. The standard InChI is InChI=1S/C12H17ClN2O2S/c13-12-5-2-1-4-11(12)10-18(16,17)15-8-3-6-14-7-9-15/h1-2,4-5,14H,3,6-10H2. The van der Waals surface area contributed by atoms with Gasteiger partial charge in [-0.25, -0.2) is 12.7 Å². The van der Waals surface area contributed by atoms with Crippen molar-refractivity contribution in [2.45, 2.75) is 12.2 Å². The molecule has 1 fully saturated rings. The predicted octanol–water partition coefficient (Wildman–Crippen LogP) is 1.47. The van der Waals surface area contributed by atoms with Crippen LogP contribution in [0.3, 0.4) is 0 Å². The Morgan fingerprint density at radius 1 is 1.22 bits per heavy atom. The fourth-order valence-electron chi connectivity index (χ4n) is 2.00. The number of hydrogen-bond donors (Lipinski definition) is 1. The van der Waals surface area contributed by atoms with E-state index in [1.165, 1.54) is 0 Å². The van der Waals surface area contributed by atoms with Gasteiger partial charge >= 0.3 is 0 Å². The molecule has 1 heterocycles. The quantitative estimate of drug-likeness (QED) is 0.916. The van der Waals surface area contributed by atoms with E-state index in [1.807, 2.05) is 0 Å². The van der Waals surface area contributed by atoms with Crippen LogP contribution in [-0.4, -0.2) is 38.9 Å². The van der Waals surface area contributed by atoms with E-state index in [0.29, 0.717) is 30.2 Å².